The van der Waals surface area contributed by atoms with Crippen molar-refractivity contribution < 1.29 is 14.3 Å². The molecular weight excluding hydrogens is 330 g/mol. The number of aromatic nitrogens is 2. The van der Waals surface area contributed by atoms with Gasteiger partial charge in [0.05, 0.1) is 17.9 Å². The molecule has 2 aromatic heterocycles. The number of nitrogens with zero attached hydrogens (tertiary/aromatic N) is 2. The van der Waals surface area contributed by atoms with Gasteiger partial charge in [0.15, 0.2) is 5.76 Å². The highest BCUT2D eigenvalue weighted by Crippen LogP contribution is 2.27. The molecule has 6 nitrogen and oxygen atoms in total. The number of carbonyl (C=O) groups is 1. The minimum Gasteiger partial charge on any atom is -0.506 e. The van der Waals surface area contributed by atoms with Crippen LogP contribution in [-0.2, 0) is 6.54 Å². The molecule has 0 spiro atoms. The topological polar surface area (TPSA) is 80.3 Å². The molecule has 0 atom stereocenters. The van der Waals surface area contributed by atoms with Crippen molar-refractivity contribution in [1.29, 1.82) is 0 Å². The zero-order valence-electron chi connectivity index (χ0n) is 13.2. The first kappa shape index (κ1) is 16.1. The van der Waals surface area contributed by atoms with Gasteiger partial charge < -0.3 is 14.8 Å². The number of nitrogens with one attached hydrogen (secondary N) is 1. The summed E-state index contributed by atoms with van der Waals surface area (Å²) < 4.78 is 7.37. The third-order valence-electron chi connectivity index (χ3n) is 3.50. The summed E-state index contributed by atoms with van der Waals surface area (Å²) in [4.78, 5) is 12.2. The Kier molecular flexibility index (Phi) is 4.31. The Labute approximate surface area is 143 Å². The predicted molar refractivity (Wildman–Crippen MR) is 90.6 cm³/mol. The number of halogens is 1. The van der Waals surface area contributed by atoms with Crippen LogP contribution in [0.5, 0.6) is 5.75 Å². The molecule has 0 fully saturated rings. The van der Waals surface area contributed by atoms with E-state index in [0.717, 1.165) is 11.4 Å². The van der Waals surface area contributed by atoms with Crippen LogP contribution >= 0.6 is 11.6 Å². The largest absolute Gasteiger partial charge is 0.506 e. The lowest BCUT2D eigenvalue weighted by Gasteiger charge is -2.06. The van der Waals surface area contributed by atoms with Crippen LogP contribution in [0.15, 0.2) is 40.8 Å². The summed E-state index contributed by atoms with van der Waals surface area (Å²) in [6.45, 7) is 4.32. The average molecular weight is 346 g/mol. The van der Waals surface area contributed by atoms with Crippen molar-refractivity contribution in [3.05, 3.63) is 64.3 Å². The Morgan fingerprint density at radius 2 is 2.08 bits per heavy atom. The SMILES string of the molecule is Cc1cc(C)n(Cc2ccc(C(=O)Nc3cc(Cl)ccc3O)o2)n1. The van der Waals surface area contributed by atoms with Crippen LogP contribution in [0.2, 0.25) is 5.02 Å². The number of aromatic hydroxyl groups is 1. The first-order valence-electron chi connectivity index (χ1n) is 7.32. The number of hydrogen-bond donors (Lipinski definition) is 2. The fourth-order valence-electron chi connectivity index (χ4n) is 2.36. The van der Waals surface area contributed by atoms with E-state index in [-0.39, 0.29) is 17.2 Å². The van der Waals surface area contributed by atoms with E-state index in [1.807, 2.05) is 19.9 Å². The molecule has 2 heterocycles. The van der Waals surface area contributed by atoms with Crippen LogP contribution in [-0.4, -0.2) is 20.8 Å². The second kappa shape index (κ2) is 6.41. The molecule has 0 aliphatic heterocycles. The normalized spacial score (nSPS) is 10.8. The summed E-state index contributed by atoms with van der Waals surface area (Å²) >= 11 is 5.86. The van der Waals surface area contributed by atoms with Gasteiger partial charge in [-0.1, -0.05) is 11.6 Å². The Morgan fingerprint density at radius 3 is 2.79 bits per heavy atom. The third kappa shape index (κ3) is 3.44. The summed E-state index contributed by atoms with van der Waals surface area (Å²) in [6.07, 6.45) is 0. The van der Waals surface area contributed by atoms with E-state index in [1.54, 1.807) is 16.8 Å². The van der Waals surface area contributed by atoms with E-state index < -0.39 is 5.91 Å². The standard InChI is InChI=1S/C17H16ClN3O3/c1-10-7-11(2)21(20-10)9-13-4-6-16(24-13)17(23)19-14-8-12(18)3-5-15(14)22/h3-8,22H,9H2,1-2H3,(H,19,23). The quantitative estimate of drug-likeness (QED) is 0.706. The summed E-state index contributed by atoms with van der Waals surface area (Å²) in [5.74, 6) is 0.224. The lowest BCUT2D eigenvalue weighted by molar-refractivity contribution is 0.0994. The lowest BCUT2D eigenvalue weighted by Crippen LogP contribution is -2.11. The molecule has 2 N–H and O–H groups in total. The molecule has 0 saturated carbocycles. The van der Waals surface area contributed by atoms with Crippen molar-refractivity contribution in [2.24, 2.45) is 0 Å². The maximum Gasteiger partial charge on any atom is 0.291 e. The van der Waals surface area contributed by atoms with Crippen LogP contribution in [0, 0.1) is 13.8 Å². The molecule has 0 unspecified atom stereocenters. The number of anilines is 1. The summed E-state index contributed by atoms with van der Waals surface area (Å²) in [5, 5.41) is 17.1. The molecular formula is C17H16ClN3O3. The van der Waals surface area contributed by atoms with E-state index in [2.05, 4.69) is 10.4 Å². The van der Waals surface area contributed by atoms with Crippen molar-refractivity contribution in [3.8, 4) is 5.75 Å². The Bertz CT molecular complexity index is 898. The number of aryl methyl sites for hydroxylation is 2. The molecule has 1 aromatic carbocycles. The summed E-state index contributed by atoms with van der Waals surface area (Å²) in [5.41, 5.74) is 2.16. The lowest BCUT2D eigenvalue weighted by atomic mass is 10.3. The molecule has 0 radical (unpaired) electrons. The van der Waals surface area contributed by atoms with Gasteiger partial charge in [-0.05, 0) is 50.2 Å². The molecule has 24 heavy (non-hydrogen) atoms. The monoisotopic (exact) mass is 345 g/mol. The van der Waals surface area contributed by atoms with Crippen LogP contribution in [0.3, 0.4) is 0 Å². The minimum atomic E-state index is -0.466. The smallest absolute Gasteiger partial charge is 0.291 e. The van der Waals surface area contributed by atoms with Gasteiger partial charge in [-0.3, -0.25) is 9.48 Å². The fourth-order valence-corrected chi connectivity index (χ4v) is 2.53. The highest BCUT2D eigenvalue weighted by molar-refractivity contribution is 6.31. The van der Waals surface area contributed by atoms with Crippen molar-refractivity contribution in [1.82, 2.24) is 9.78 Å². The second-order valence-electron chi connectivity index (χ2n) is 5.47. The number of benzene rings is 1. The summed E-state index contributed by atoms with van der Waals surface area (Å²) in [7, 11) is 0. The number of phenols is 1. The number of phenolic OH excluding ortho intramolecular Hbond substituents is 1. The van der Waals surface area contributed by atoms with Crippen molar-refractivity contribution in [2.75, 3.05) is 5.32 Å². The average Bonchev–Trinajstić information content (AvgIpc) is 3.10. The van der Waals surface area contributed by atoms with Crippen molar-refractivity contribution in [3.63, 3.8) is 0 Å². The van der Waals surface area contributed by atoms with Gasteiger partial charge in [-0.2, -0.15) is 5.10 Å². The zero-order chi connectivity index (χ0) is 17.3. The number of rotatable bonds is 4. The summed E-state index contributed by atoms with van der Waals surface area (Å²) in [6, 6.07) is 9.69. The van der Waals surface area contributed by atoms with Gasteiger partial charge in [-0.25, -0.2) is 0 Å². The third-order valence-corrected chi connectivity index (χ3v) is 3.74. The molecule has 7 heteroatoms. The minimum absolute atomic E-state index is 0.0674. The number of amides is 1. The van der Waals surface area contributed by atoms with Gasteiger partial charge in [-0.15, -0.1) is 0 Å². The first-order valence-corrected chi connectivity index (χ1v) is 7.70. The Morgan fingerprint density at radius 1 is 1.29 bits per heavy atom. The van der Waals surface area contributed by atoms with Gasteiger partial charge >= 0.3 is 0 Å². The molecule has 124 valence electrons. The van der Waals surface area contributed by atoms with E-state index in [0.29, 0.717) is 17.3 Å². The molecule has 0 saturated heterocycles. The van der Waals surface area contributed by atoms with Crippen LogP contribution < -0.4 is 5.32 Å². The molecule has 3 rings (SSSR count). The molecule has 0 aliphatic rings. The van der Waals surface area contributed by atoms with Gasteiger partial charge in [0, 0.05) is 10.7 Å². The van der Waals surface area contributed by atoms with Crippen molar-refractivity contribution >= 4 is 23.2 Å². The van der Waals surface area contributed by atoms with Crippen LogP contribution in [0.1, 0.15) is 27.7 Å². The number of hydrogen-bond acceptors (Lipinski definition) is 4. The van der Waals surface area contributed by atoms with Crippen LogP contribution in [0.25, 0.3) is 0 Å². The second-order valence-corrected chi connectivity index (χ2v) is 5.90. The van der Waals surface area contributed by atoms with E-state index in [1.165, 1.54) is 18.2 Å². The predicted octanol–water partition coefficient (Wildman–Crippen LogP) is 3.75. The zero-order valence-corrected chi connectivity index (χ0v) is 14.0. The van der Waals surface area contributed by atoms with Gasteiger partial charge in [0.25, 0.3) is 5.91 Å². The molecule has 0 aliphatic carbocycles. The number of furan rings is 1. The van der Waals surface area contributed by atoms with E-state index in [9.17, 15) is 9.90 Å². The molecule has 1 amide bonds. The highest BCUT2D eigenvalue weighted by atomic mass is 35.5. The maximum absolute atomic E-state index is 12.2. The van der Waals surface area contributed by atoms with Gasteiger partial charge in [0.1, 0.15) is 11.5 Å². The Hall–Kier alpha value is -2.73. The molecule has 3 aromatic rings. The maximum atomic E-state index is 12.2. The first-order chi connectivity index (χ1) is 11.4. The van der Waals surface area contributed by atoms with E-state index in [4.69, 9.17) is 16.0 Å². The fraction of sp³-hybridized carbons (Fsp3) is 0.176. The number of carbonyl (C=O) groups excluding carboxylic acids is 1. The van der Waals surface area contributed by atoms with E-state index >= 15 is 0 Å². The van der Waals surface area contributed by atoms with Crippen molar-refractivity contribution in [2.45, 2.75) is 20.4 Å². The van der Waals surface area contributed by atoms with Gasteiger partial charge in [0.2, 0.25) is 0 Å². The molecule has 0 bridgehead atoms. The highest BCUT2D eigenvalue weighted by Gasteiger charge is 2.14. The Balaban J connectivity index is 1.74. The van der Waals surface area contributed by atoms with Crippen LogP contribution in [0.4, 0.5) is 5.69 Å².